The summed E-state index contributed by atoms with van der Waals surface area (Å²) in [6.45, 7) is 0. The molecule has 58 valence electrons. The predicted octanol–water partition coefficient (Wildman–Crippen LogP) is 1.58. The number of hydrogen-bond acceptors (Lipinski definition) is 1. The molecule has 2 rings (SSSR count). The molecule has 2 bridgehead atoms. The van der Waals surface area contributed by atoms with Gasteiger partial charge in [-0.05, 0) is 32.7 Å². The minimum atomic E-state index is -0.538. The van der Waals surface area contributed by atoms with Crippen LogP contribution in [0.5, 0.6) is 0 Å². The van der Waals surface area contributed by atoms with Crippen molar-refractivity contribution in [2.75, 3.05) is 7.05 Å². The van der Waals surface area contributed by atoms with Crippen LogP contribution in [0.25, 0.3) is 0 Å². The van der Waals surface area contributed by atoms with Crippen LogP contribution in [-0.4, -0.2) is 30.2 Å². The van der Waals surface area contributed by atoms with Crippen molar-refractivity contribution in [3.63, 3.8) is 0 Å². The highest BCUT2D eigenvalue weighted by molar-refractivity contribution is 4.94. The third-order valence-corrected chi connectivity index (χ3v) is 3.09. The zero-order valence-corrected chi connectivity index (χ0v) is 6.39. The Morgan fingerprint density at radius 1 is 1.20 bits per heavy atom. The van der Waals surface area contributed by atoms with Crippen molar-refractivity contribution in [1.82, 2.24) is 4.90 Å². The summed E-state index contributed by atoms with van der Waals surface area (Å²) < 4.78 is 13.1. The van der Waals surface area contributed by atoms with Crippen LogP contribution in [0.2, 0.25) is 0 Å². The monoisotopic (exact) mass is 143 g/mol. The Bertz CT molecular complexity index is 137. The van der Waals surface area contributed by atoms with Crippen molar-refractivity contribution in [3.05, 3.63) is 0 Å². The fourth-order valence-electron chi connectivity index (χ4n) is 2.37. The molecule has 2 aliphatic heterocycles. The van der Waals surface area contributed by atoms with Crippen LogP contribution >= 0.6 is 0 Å². The lowest BCUT2D eigenvalue weighted by Crippen LogP contribution is -2.42. The van der Waals surface area contributed by atoms with Gasteiger partial charge in [-0.1, -0.05) is 0 Å². The molecule has 0 N–H and O–H groups in total. The van der Waals surface area contributed by atoms with E-state index in [1.54, 1.807) is 0 Å². The van der Waals surface area contributed by atoms with E-state index in [1.807, 2.05) is 0 Å². The minimum Gasteiger partial charge on any atom is -0.298 e. The number of piperidine rings is 1. The van der Waals surface area contributed by atoms with Gasteiger partial charge in [0.05, 0.1) is 0 Å². The van der Waals surface area contributed by atoms with Crippen molar-refractivity contribution in [2.24, 2.45) is 0 Å². The molecular weight excluding hydrogens is 129 g/mol. The Morgan fingerprint density at radius 2 is 1.90 bits per heavy atom. The first kappa shape index (κ1) is 6.59. The van der Waals surface area contributed by atoms with Gasteiger partial charge in [-0.15, -0.1) is 0 Å². The summed E-state index contributed by atoms with van der Waals surface area (Å²) in [5, 5.41) is 0. The second kappa shape index (κ2) is 2.19. The Labute approximate surface area is 61.2 Å². The predicted molar refractivity (Wildman–Crippen MR) is 38.7 cm³/mol. The van der Waals surface area contributed by atoms with Crippen LogP contribution in [0.3, 0.4) is 0 Å². The number of halogens is 1. The standard InChI is InChI=1S/C8H14FN/c1-10-6-2-4-7(9)8(10)5-3-6/h6-8H,2-5H2,1H3/t6?,7-,8?/m1/s1. The van der Waals surface area contributed by atoms with Crippen molar-refractivity contribution in [1.29, 1.82) is 0 Å². The molecule has 0 saturated carbocycles. The van der Waals surface area contributed by atoms with Gasteiger partial charge in [-0.3, -0.25) is 4.90 Å². The first-order valence-electron chi connectivity index (χ1n) is 4.15. The second-order valence-electron chi connectivity index (χ2n) is 3.56. The first-order chi connectivity index (χ1) is 4.79. The summed E-state index contributed by atoms with van der Waals surface area (Å²) in [7, 11) is 2.06. The maximum Gasteiger partial charge on any atom is 0.116 e. The van der Waals surface area contributed by atoms with Gasteiger partial charge in [0.2, 0.25) is 0 Å². The highest BCUT2D eigenvalue weighted by Gasteiger charge is 2.39. The highest BCUT2D eigenvalue weighted by Crippen LogP contribution is 2.35. The zero-order chi connectivity index (χ0) is 7.14. The molecule has 0 amide bonds. The Balaban J connectivity index is 2.13. The maximum atomic E-state index is 13.1. The molecule has 0 spiro atoms. The Kier molecular flexibility index (Phi) is 1.44. The molecule has 0 radical (unpaired) electrons. The molecule has 0 aromatic rings. The molecule has 2 heterocycles. The van der Waals surface area contributed by atoms with Gasteiger partial charge in [0.25, 0.3) is 0 Å². The molecule has 2 unspecified atom stereocenters. The summed E-state index contributed by atoms with van der Waals surface area (Å²) in [6.07, 6.45) is 3.65. The van der Waals surface area contributed by atoms with E-state index in [4.69, 9.17) is 0 Å². The smallest absolute Gasteiger partial charge is 0.116 e. The molecule has 2 fully saturated rings. The highest BCUT2D eigenvalue weighted by atomic mass is 19.1. The molecule has 0 aromatic heterocycles. The molecular formula is C8H14FN. The van der Waals surface area contributed by atoms with Crippen LogP contribution in [0, 0.1) is 0 Å². The Morgan fingerprint density at radius 3 is 2.60 bits per heavy atom. The van der Waals surface area contributed by atoms with E-state index >= 15 is 0 Å². The maximum absolute atomic E-state index is 13.1. The van der Waals surface area contributed by atoms with Crippen molar-refractivity contribution in [3.8, 4) is 0 Å². The summed E-state index contributed by atoms with van der Waals surface area (Å²) in [5.74, 6) is 0. The molecule has 2 aliphatic rings. The van der Waals surface area contributed by atoms with E-state index in [0.29, 0.717) is 6.04 Å². The first-order valence-corrected chi connectivity index (χ1v) is 4.15. The van der Waals surface area contributed by atoms with E-state index in [9.17, 15) is 4.39 Å². The van der Waals surface area contributed by atoms with E-state index in [1.165, 1.54) is 6.42 Å². The average molecular weight is 143 g/mol. The van der Waals surface area contributed by atoms with Crippen LogP contribution in [-0.2, 0) is 0 Å². The second-order valence-corrected chi connectivity index (χ2v) is 3.56. The fraction of sp³-hybridized carbons (Fsp3) is 1.00. The number of fused-ring (bicyclic) bond motifs is 2. The summed E-state index contributed by atoms with van der Waals surface area (Å²) in [5.41, 5.74) is 0. The normalized spacial score (nSPS) is 48.0. The van der Waals surface area contributed by atoms with Gasteiger partial charge >= 0.3 is 0 Å². The summed E-state index contributed by atoms with van der Waals surface area (Å²) >= 11 is 0. The van der Waals surface area contributed by atoms with Gasteiger partial charge in [0.15, 0.2) is 0 Å². The van der Waals surface area contributed by atoms with Gasteiger partial charge in [-0.2, -0.15) is 0 Å². The number of alkyl halides is 1. The van der Waals surface area contributed by atoms with E-state index in [2.05, 4.69) is 11.9 Å². The molecule has 3 atom stereocenters. The van der Waals surface area contributed by atoms with Crippen molar-refractivity contribution >= 4 is 0 Å². The topological polar surface area (TPSA) is 3.24 Å². The van der Waals surface area contributed by atoms with E-state index < -0.39 is 6.17 Å². The molecule has 2 saturated heterocycles. The lowest BCUT2D eigenvalue weighted by Gasteiger charge is -2.33. The Hall–Kier alpha value is -0.110. The number of rotatable bonds is 0. The average Bonchev–Trinajstić information content (AvgIpc) is 2.13. The SMILES string of the molecule is CN1C2CCC1[C@H](F)CC2. The van der Waals surface area contributed by atoms with Gasteiger partial charge in [-0.25, -0.2) is 4.39 Å². The molecule has 0 aromatic carbocycles. The largest absolute Gasteiger partial charge is 0.298 e. The molecule has 1 nitrogen and oxygen atoms in total. The summed E-state index contributed by atoms with van der Waals surface area (Å²) in [4.78, 5) is 2.23. The van der Waals surface area contributed by atoms with E-state index in [-0.39, 0.29) is 6.04 Å². The summed E-state index contributed by atoms with van der Waals surface area (Å²) in [6, 6.07) is 0.968. The van der Waals surface area contributed by atoms with Crippen molar-refractivity contribution in [2.45, 2.75) is 43.9 Å². The number of hydrogen-bond donors (Lipinski definition) is 0. The third-order valence-electron chi connectivity index (χ3n) is 3.09. The fourth-order valence-corrected chi connectivity index (χ4v) is 2.37. The van der Waals surface area contributed by atoms with Crippen LogP contribution in [0.15, 0.2) is 0 Å². The molecule has 0 aliphatic carbocycles. The zero-order valence-electron chi connectivity index (χ0n) is 6.39. The molecule has 10 heavy (non-hydrogen) atoms. The quantitative estimate of drug-likeness (QED) is 0.497. The lowest BCUT2D eigenvalue weighted by atomic mass is 10.0. The van der Waals surface area contributed by atoms with Crippen LogP contribution in [0.1, 0.15) is 25.7 Å². The number of nitrogens with zero attached hydrogens (tertiary/aromatic N) is 1. The van der Waals surface area contributed by atoms with Crippen LogP contribution in [0.4, 0.5) is 4.39 Å². The van der Waals surface area contributed by atoms with E-state index in [0.717, 1.165) is 19.3 Å². The van der Waals surface area contributed by atoms with Crippen LogP contribution < -0.4 is 0 Å². The van der Waals surface area contributed by atoms with Crippen molar-refractivity contribution < 1.29 is 4.39 Å². The minimum absolute atomic E-state index is 0.263. The third kappa shape index (κ3) is 0.782. The van der Waals surface area contributed by atoms with Gasteiger partial charge in [0.1, 0.15) is 6.17 Å². The van der Waals surface area contributed by atoms with Gasteiger partial charge < -0.3 is 0 Å². The molecule has 2 heteroatoms. The lowest BCUT2D eigenvalue weighted by molar-refractivity contribution is 0.0896. The van der Waals surface area contributed by atoms with Gasteiger partial charge in [0, 0.05) is 12.1 Å².